The van der Waals surface area contributed by atoms with Gasteiger partial charge in [-0.15, -0.1) is 0 Å². The van der Waals surface area contributed by atoms with Crippen LogP contribution in [0.25, 0.3) is 0 Å². The van der Waals surface area contributed by atoms with E-state index in [0.29, 0.717) is 24.2 Å². The van der Waals surface area contributed by atoms with Crippen LogP contribution in [0.5, 0.6) is 0 Å². The molecule has 1 saturated heterocycles. The number of halogens is 1. The molecule has 0 bridgehead atoms. The molecular weight excluding hydrogens is 441 g/mol. The van der Waals surface area contributed by atoms with Gasteiger partial charge in [0.05, 0.1) is 4.90 Å². The van der Waals surface area contributed by atoms with Crippen molar-refractivity contribution in [2.45, 2.75) is 18.4 Å². The lowest BCUT2D eigenvalue weighted by atomic mass is 10.1. The second-order valence-electron chi connectivity index (χ2n) is 8.15. The van der Waals surface area contributed by atoms with Gasteiger partial charge in [-0.25, -0.2) is 12.8 Å². The number of sulfonamides is 1. The van der Waals surface area contributed by atoms with Crippen molar-refractivity contribution < 1.29 is 17.6 Å². The third kappa shape index (κ3) is 5.58. The van der Waals surface area contributed by atoms with E-state index in [1.807, 2.05) is 18.2 Å². The molecule has 8 heteroatoms. The molecular formula is C25H26FN3O3S. The molecule has 0 aliphatic carbocycles. The van der Waals surface area contributed by atoms with Gasteiger partial charge in [-0.1, -0.05) is 42.5 Å². The van der Waals surface area contributed by atoms with Crippen LogP contribution in [0.3, 0.4) is 0 Å². The van der Waals surface area contributed by atoms with Gasteiger partial charge in [-0.2, -0.15) is 0 Å². The van der Waals surface area contributed by atoms with Crippen LogP contribution in [0.4, 0.5) is 10.1 Å². The molecule has 0 atom stereocenters. The lowest BCUT2D eigenvalue weighted by molar-refractivity contribution is 0.0628. The van der Waals surface area contributed by atoms with E-state index in [1.54, 1.807) is 30.0 Å². The normalized spacial score (nSPS) is 14.8. The maximum absolute atomic E-state index is 13.8. The van der Waals surface area contributed by atoms with Gasteiger partial charge in [0.1, 0.15) is 5.82 Å². The number of nitrogens with zero attached hydrogens (tertiary/aromatic N) is 2. The highest BCUT2D eigenvalue weighted by atomic mass is 32.2. The molecule has 1 fully saturated rings. The van der Waals surface area contributed by atoms with Gasteiger partial charge in [-0.05, 0) is 48.4 Å². The molecule has 1 N–H and O–H groups in total. The smallest absolute Gasteiger partial charge is 0.261 e. The molecule has 6 nitrogen and oxygen atoms in total. The van der Waals surface area contributed by atoms with Gasteiger partial charge < -0.3 is 4.90 Å². The highest BCUT2D eigenvalue weighted by molar-refractivity contribution is 7.92. The van der Waals surface area contributed by atoms with E-state index >= 15 is 0 Å². The van der Waals surface area contributed by atoms with Crippen LogP contribution < -0.4 is 4.72 Å². The summed E-state index contributed by atoms with van der Waals surface area (Å²) in [6.45, 7) is 5.15. The fourth-order valence-corrected chi connectivity index (χ4v) is 4.86. The first-order chi connectivity index (χ1) is 15.8. The summed E-state index contributed by atoms with van der Waals surface area (Å²) < 4.78 is 41.6. The molecule has 4 rings (SSSR count). The Bertz CT molecular complexity index is 1240. The van der Waals surface area contributed by atoms with Gasteiger partial charge in [0.25, 0.3) is 15.9 Å². The van der Waals surface area contributed by atoms with Crippen molar-refractivity contribution in [1.82, 2.24) is 9.80 Å². The van der Waals surface area contributed by atoms with E-state index in [4.69, 9.17) is 0 Å². The minimum Gasteiger partial charge on any atom is -0.336 e. The second kappa shape index (κ2) is 9.72. The zero-order chi connectivity index (χ0) is 23.4. The predicted octanol–water partition coefficient (Wildman–Crippen LogP) is 3.89. The van der Waals surface area contributed by atoms with Crippen LogP contribution >= 0.6 is 0 Å². The Labute approximate surface area is 193 Å². The maximum atomic E-state index is 13.8. The average Bonchev–Trinajstić information content (AvgIpc) is 2.81. The Morgan fingerprint density at radius 3 is 2.36 bits per heavy atom. The Hall–Kier alpha value is -3.23. The second-order valence-corrected chi connectivity index (χ2v) is 9.83. The molecule has 172 valence electrons. The third-order valence-electron chi connectivity index (χ3n) is 5.72. The van der Waals surface area contributed by atoms with Gasteiger partial charge in [0, 0.05) is 44.0 Å². The molecule has 0 saturated carbocycles. The number of nitrogens with one attached hydrogen (secondary N) is 1. The van der Waals surface area contributed by atoms with Gasteiger partial charge in [0.2, 0.25) is 0 Å². The minimum absolute atomic E-state index is 0.142. The summed E-state index contributed by atoms with van der Waals surface area (Å²) in [6.07, 6.45) is 0. The third-order valence-corrected chi connectivity index (χ3v) is 7.10. The van der Waals surface area contributed by atoms with Crippen molar-refractivity contribution in [2.24, 2.45) is 0 Å². The van der Waals surface area contributed by atoms with Crippen LogP contribution in [0.2, 0.25) is 0 Å². The first-order valence-corrected chi connectivity index (χ1v) is 12.2. The number of hydrogen-bond donors (Lipinski definition) is 1. The summed E-state index contributed by atoms with van der Waals surface area (Å²) in [6, 6.07) is 20.4. The number of amides is 1. The highest BCUT2D eigenvalue weighted by Gasteiger charge is 2.23. The summed E-state index contributed by atoms with van der Waals surface area (Å²) in [5.74, 6) is -0.731. The van der Waals surface area contributed by atoms with Gasteiger partial charge in [0.15, 0.2) is 0 Å². The van der Waals surface area contributed by atoms with Crippen molar-refractivity contribution in [3.63, 3.8) is 0 Å². The standard InChI is InChI=1S/C25H26FN3O3S/c1-19-10-11-23(17-24(19)26)33(31,32)27-22-9-5-8-21(16-22)25(30)29-14-12-28(13-15-29)18-20-6-3-2-4-7-20/h2-11,16-17,27H,12-15,18H2,1H3. The summed E-state index contributed by atoms with van der Waals surface area (Å²) in [4.78, 5) is 16.9. The zero-order valence-corrected chi connectivity index (χ0v) is 19.2. The van der Waals surface area contributed by atoms with Crippen LogP contribution in [0.15, 0.2) is 77.7 Å². The topological polar surface area (TPSA) is 69.7 Å². The highest BCUT2D eigenvalue weighted by Crippen LogP contribution is 2.20. The molecule has 1 aliphatic rings. The van der Waals surface area contributed by atoms with Crippen molar-refractivity contribution in [1.29, 1.82) is 0 Å². The van der Waals surface area contributed by atoms with E-state index in [0.717, 1.165) is 25.7 Å². The van der Waals surface area contributed by atoms with Crippen molar-refractivity contribution in [3.8, 4) is 0 Å². The average molecular weight is 468 g/mol. The number of rotatable bonds is 6. The lowest BCUT2D eigenvalue weighted by Gasteiger charge is -2.34. The molecule has 0 radical (unpaired) electrons. The Morgan fingerprint density at radius 2 is 1.67 bits per heavy atom. The number of piperazine rings is 1. The SMILES string of the molecule is Cc1ccc(S(=O)(=O)Nc2cccc(C(=O)N3CCN(Cc4ccccc4)CC3)c2)cc1F. The zero-order valence-electron chi connectivity index (χ0n) is 18.4. The maximum Gasteiger partial charge on any atom is 0.261 e. The molecule has 1 amide bonds. The van der Waals surface area contributed by atoms with Crippen molar-refractivity contribution in [3.05, 3.63) is 95.3 Å². The summed E-state index contributed by atoms with van der Waals surface area (Å²) in [5, 5.41) is 0. The predicted molar refractivity (Wildman–Crippen MR) is 126 cm³/mol. The largest absolute Gasteiger partial charge is 0.336 e. The number of hydrogen-bond acceptors (Lipinski definition) is 4. The Morgan fingerprint density at radius 1 is 0.939 bits per heavy atom. The van der Waals surface area contributed by atoms with Crippen LogP contribution in [-0.2, 0) is 16.6 Å². The summed E-state index contributed by atoms with van der Waals surface area (Å²) >= 11 is 0. The Kier molecular flexibility index (Phi) is 6.76. The van der Waals surface area contributed by atoms with E-state index in [1.165, 1.54) is 23.8 Å². The quantitative estimate of drug-likeness (QED) is 0.597. The van der Waals surface area contributed by atoms with Gasteiger partial charge >= 0.3 is 0 Å². The Balaban J connectivity index is 1.40. The fourth-order valence-electron chi connectivity index (χ4n) is 3.80. The molecule has 0 spiro atoms. The summed E-state index contributed by atoms with van der Waals surface area (Å²) in [5.41, 5.74) is 2.27. The molecule has 3 aromatic carbocycles. The summed E-state index contributed by atoms with van der Waals surface area (Å²) in [7, 11) is -3.98. The van der Waals surface area contributed by atoms with E-state index in [-0.39, 0.29) is 16.5 Å². The number of carbonyl (C=O) groups is 1. The molecule has 33 heavy (non-hydrogen) atoms. The molecule has 0 aromatic heterocycles. The van der Waals surface area contributed by atoms with Crippen molar-refractivity contribution >= 4 is 21.6 Å². The number of aryl methyl sites for hydroxylation is 1. The minimum atomic E-state index is -3.98. The molecule has 3 aromatic rings. The monoisotopic (exact) mass is 467 g/mol. The number of benzene rings is 3. The van der Waals surface area contributed by atoms with E-state index in [9.17, 15) is 17.6 Å². The molecule has 0 unspecified atom stereocenters. The van der Waals surface area contributed by atoms with Crippen LogP contribution in [0.1, 0.15) is 21.5 Å². The lowest BCUT2D eigenvalue weighted by Crippen LogP contribution is -2.48. The molecule has 1 aliphatic heterocycles. The number of anilines is 1. The number of carbonyl (C=O) groups excluding carboxylic acids is 1. The molecule has 1 heterocycles. The first-order valence-electron chi connectivity index (χ1n) is 10.8. The fraction of sp³-hybridized carbons (Fsp3) is 0.240. The van der Waals surface area contributed by atoms with E-state index in [2.05, 4.69) is 21.8 Å². The van der Waals surface area contributed by atoms with Crippen LogP contribution in [0, 0.1) is 12.7 Å². The van der Waals surface area contributed by atoms with Crippen molar-refractivity contribution in [2.75, 3.05) is 30.9 Å². The first kappa shape index (κ1) is 22.9. The van der Waals surface area contributed by atoms with Gasteiger partial charge in [-0.3, -0.25) is 14.4 Å². The van der Waals surface area contributed by atoms with Crippen LogP contribution in [-0.4, -0.2) is 50.3 Å². The van der Waals surface area contributed by atoms with E-state index < -0.39 is 15.8 Å².